The SMILES string of the molecule is CC(Sc1ccccc1F)C(=O)NCC1CCCCC1. The van der Waals surface area contributed by atoms with Gasteiger partial charge < -0.3 is 5.32 Å². The Hall–Kier alpha value is -1.03. The first-order valence-electron chi connectivity index (χ1n) is 7.35. The largest absolute Gasteiger partial charge is 0.355 e. The minimum absolute atomic E-state index is 0.00354. The third kappa shape index (κ3) is 4.51. The number of rotatable bonds is 5. The average Bonchev–Trinajstić information content (AvgIpc) is 2.48. The number of halogens is 1. The van der Waals surface area contributed by atoms with Crippen molar-refractivity contribution in [1.82, 2.24) is 5.32 Å². The van der Waals surface area contributed by atoms with Crippen molar-refractivity contribution in [1.29, 1.82) is 0 Å². The van der Waals surface area contributed by atoms with Crippen molar-refractivity contribution >= 4 is 17.7 Å². The Labute approximate surface area is 124 Å². The fourth-order valence-electron chi connectivity index (χ4n) is 2.56. The van der Waals surface area contributed by atoms with Crippen molar-refractivity contribution in [2.45, 2.75) is 49.2 Å². The Morgan fingerprint density at radius 3 is 2.75 bits per heavy atom. The van der Waals surface area contributed by atoms with Crippen molar-refractivity contribution in [3.63, 3.8) is 0 Å². The van der Waals surface area contributed by atoms with Crippen LogP contribution in [0.1, 0.15) is 39.0 Å². The molecule has 0 heterocycles. The van der Waals surface area contributed by atoms with Crippen LogP contribution < -0.4 is 5.32 Å². The standard InChI is InChI=1S/C16H22FNOS/c1-12(20-15-10-6-5-9-14(15)17)16(19)18-11-13-7-3-2-4-8-13/h5-6,9-10,12-13H,2-4,7-8,11H2,1H3,(H,18,19). The Morgan fingerprint density at radius 2 is 2.05 bits per heavy atom. The topological polar surface area (TPSA) is 29.1 Å². The molecule has 110 valence electrons. The zero-order chi connectivity index (χ0) is 14.4. The maximum absolute atomic E-state index is 13.5. The van der Waals surface area contributed by atoms with E-state index in [1.54, 1.807) is 18.2 Å². The molecule has 1 amide bonds. The lowest BCUT2D eigenvalue weighted by Gasteiger charge is -2.22. The predicted octanol–water partition coefficient (Wildman–Crippen LogP) is 4.00. The van der Waals surface area contributed by atoms with Crippen molar-refractivity contribution in [2.75, 3.05) is 6.54 Å². The summed E-state index contributed by atoms with van der Waals surface area (Å²) in [6.45, 7) is 2.59. The zero-order valence-corrected chi connectivity index (χ0v) is 12.7. The molecular weight excluding hydrogens is 273 g/mol. The molecular formula is C16H22FNOS. The summed E-state index contributed by atoms with van der Waals surface area (Å²) < 4.78 is 13.5. The first-order valence-corrected chi connectivity index (χ1v) is 8.23. The van der Waals surface area contributed by atoms with Crippen LogP contribution in [-0.2, 0) is 4.79 Å². The summed E-state index contributed by atoms with van der Waals surface area (Å²) in [5, 5.41) is 2.74. The molecule has 1 aromatic carbocycles. The van der Waals surface area contributed by atoms with Crippen molar-refractivity contribution in [2.24, 2.45) is 5.92 Å². The minimum Gasteiger partial charge on any atom is -0.355 e. The monoisotopic (exact) mass is 295 g/mol. The van der Waals surface area contributed by atoms with E-state index in [1.165, 1.54) is 49.9 Å². The van der Waals surface area contributed by atoms with E-state index in [1.807, 2.05) is 6.92 Å². The van der Waals surface area contributed by atoms with Crippen LogP contribution in [0.3, 0.4) is 0 Å². The molecule has 2 rings (SSSR count). The molecule has 1 aliphatic carbocycles. The molecule has 2 nitrogen and oxygen atoms in total. The van der Waals surface area contributed by atoms with Crippen molar-refractivity contribution < 1.29 is 9.18 Å². The Bertz CT molecular complexity index is 446. The molecule has 20 heavy (non-hydrogen) atoms. The molecule has 0 saturated heterocycles. The molecule has 1 atom stereocenters. The zero-order valence-electron chi connectivity index (χ0n) is 11.9. The fourth-order valence-corrected chi connectivity index (χ4v) is 3.47. The van der Waals surface area contributed by atoms with E-state index in [9.17, 15) is 9.18 Å². The van der Waals surface area contributed by atoms with E-state index < -0.39 is 0 Å². The summed E-state index contributed by atoms with van der Waals surface area (Å²) >= 11 is 1.28. The summed E-state index contributed by atoms with van der Waals surface area (Å²) in [5.74, 6) is 0.367. The van der Waals surface area contributed by atoms with E-state index in [-0.39, 0.29) is 17.0 Å². The summed E-state index contributed by atoms with van der Waals surface area (Å²) in [6, 6.07) is 6.59. The lowest BCUT2D eigenvalue weighted by molar-refractivity contribution is -0.120. The average molecular weight is 295 g/mol. The van der Waals surface area contributed by atoms with Crippen LogP contribution in [-0.4, -0.2) is 17.7 Å². The van der Waals surface area contributed by atoms with Gasteiger partial charge in [-0.05, 0) is 37.8 Å². The Balaban J connectivity index is 1.78. The number of carbonyl (C=O) groups excluding carboxylic acids is 1. The molecule has 1 aromatic rings. The first-order chi connectivity index (χ1) is 9.66. The fraction of sp³-hybridized carbons (Fsp3) is 0.562. The molecule has 1 unspecified atom stereocenters. The predicted molar refractivity (Wildman–Crippen MR) is 81.3 cm³/mol. The molecule has 1 saturated carbocycles. The molecule has 0 radical (unpaired) electrons. The van der Waals surface area contributed by atoms with E-state index in [4.69, 9.17) is 0 Å². The highest BCUT2D eigenvalue weighted by atomic mass is 32.2. The minimum atomic E-state index is -0.268. The number of benzene rings is 1. The van der Waals surface area contributed by atoms with Crippen LogP contribution in [0.25, 0.3) is 0 Å². The van der Waals surface area contributed by atoms with Gasteiger partial charge in [-0.3, -0.25) is 4.79 Å². The van der Waals surface area contributed by atoms with E-state index in [0.717, 1.165) is 6.54 Å². The van der Waals surface area contributed by atoms with E-state index in [2.05, 4.69) is 5.32 Å². The second kappa shape index (κ2) is 7.67. The molecule has 1 aliphatic rings. The van der Waals surface area contributed by atoms with Crippen LogP contribution in [0.15, 0.2) is 29.2 Å². The van der Waals surface area contributed by atoms with Crippen LogP contribution in [0.5, 0.6) is 0 Å². The number of amides is 1. The van der Waals surface area contributed by atoms with Gasteiger partial charge in [0.25, 0.3) is 0 Å². The van der Waals surface area contributed by atoms with Gasteiger partial charge in [0, 0.05) is 11.4 Å². The normalized spacial score (nSPS) is 17.7. The Morgan fingerprint density at radius 1 is 1.35 bits per heavy atom. The van der Waals surface area contributed by atoms with Crippen molar-refractivity contribution in [3.8, 4) is 0 Å². The van der Waals surface area contributed by atoms with Gasteiger partial charge in [0.2, 0.25) is 5.91 Å². The van der Waals surface area contributed by atoms with E-state index >= 15 is 0 Å². The number of thioether (sulfide) groups is 1. The quantitative estimate of drug-likeness (QED) is 0.832. The van der Waals surface area contributed by atoms with Gasteiger partial charge in [0.15, 0.2) is 0 Å². The second-order valence-electron chi connectivity index (χ2n) is 5.44. The molecule has 0 aliphatic heterocycles. The molecule has 0 aromatic heterocycles. The summed E-state index contributed by atoms with van der Waals surface area (Å²) in [4.78, 5) is 12.6. The van der Waals surface area contributed by atoms with Gasteiger partial charge in [0.1, 0.15) is 5.82 Å². The molecule has 0 bridgehead atoms. The van der Waals surface area contributed by atoms with Gasteiger partial charge in [-0.25, -0.2) is 4.39 Å². The number of nitrogens with one attached hydrogen (secondary N) is 1. The highest BCUT2D eigenvalue weighted by Crippen LogP contribution is 2.26. The third-order valence-electron chi connectivity index (χ3n) is 3.80. The maximum Gasteiger partial charge on any atom is 0.233 e. The number of carbonyl (C=O) groups is 1. The molecule has 1 N–H and O–H groups in total. The van der Waals surface area contributed by atoms with Gasteiger partial charge in [-0.15, -0.1) is 11.8 Å². The maximum atomic E-state index is 13.5. The number of hydrogen-bond acceptors (Lipinski definition) is 2. The van der Waals surface area contributed by atoms with Gasteiger partial charge >= 0.3 is 0 Å². The highest BCUT2D eigenvalue weighted by Gasteiger charge is 2.18. The lowest BCUT2D eigenvalue weighted by atomic mass is 9.89. The van der Waals surface area contributed by atoms with Crippen LogP contribution in [0.2, 0.25) is 0 Å². The summed E-state index contributed by atoms with van der Waals surface area (Å²) in [6.07, 6.45) is 6.31. The first kappa shape index (κ1) is 15.4. The summed E-state index contributed by atoms with van der Waals surface area (Å²) in [5.41, 5.74) is 0. The molecule has 0 spiro atoms. The molecule has 1 fully saturated rings. The van der Waals surface area contributed by atoms with Gasteiger partial charge in [-0.1, -0.05) is 31.4 Å². The highest BCUT2D eigenvalue weighted by molar-refractivity contribution is 8.00. The lowest BCUT2D eigenvalue weighted by Crippen LogP contribution is -2.35. The van der Waals surface area contributed by atoms with E-state index in [0.29, 0.717) is 10.8 Å². The smallest absolute Gasteiger partial charge is 0.233 e. The van der Waals surface area contributed by atoms with Crippen LogP contribution >= 0.6 is 11.8 Å². The second-order valence-corrected chi connectivity index (χ2v) is 6.82. The van der Waals surface area contributed by atoms with Crippen molar-refractivity contribution in [3.05, 3.63) is 30.1 Å². The van der Waals surface area contributed by atoms with Crippen LogP contribution in [0.4, 0.5) is 4.39 Å². The Kier molecular flexibility index (Phi) is 5.89. The third-order valence-corrected chi connectivity index (χ3v) is 4.95. The van der Waals surface area contributed by atoms with Crippen LogP contribution in [0, 0.1) is 11.7 Å². The summed E-state index contributed by atoms with van der Waals surface area (Å²) in [7, 11) is 0. The van der Waals surface area contributed by atoms with Gasteiger partial charge in [-0.2, -0.15) is 0 Å². The molecule has 4 heteroatoms. The van der Waals surface area contributed by atoms with Gasteiger partial charge in [0.05, 0.1) is 5.25 Å². The number of hydrogen-bond donors (Lipinski definition) is 1.